The molecule has 0 bridgehead atoms. The fourth-order valence-electron chi connectivity index (χ4n) is 1.44. The van der Waals surface area contributed by atoms with Crippen molar-refractivity contribution in [3.8, 4) is 11.3 Å². The molecule has 2 aromatic rings. The van der Waals surface area contributed by atoms with Crippen LogP contribution in [-0.2, 0) is 10.0 Å². The Morgan fingerprint density at radius 3 is 2.22 bits per heavy atom. The van der Waals surface area contributed by atoms with Crippen LogP contribution in [0.25, 0.3) is 11.3 Å². The van der Waals surface area contributed by atoms with Crippen LogP contribution < -0.4 is 4.87 Å². The van der Waals surface area contributed by atoms with Gasteiger partial charge < -0.3 is 4.98 Å². The Morgan fingerprint density at radius 1 is 1.17 bits per heavy atom. The molecule has 7 heteroatoms. The third kappa shape index (κ3) is 2.38. The maximum Gasteiger partial charge on any atom is 0.304 e. The molecule has 0 unspecified atom stereocenters. The largest absolute Gasteiger partial charge is 0.312 e. The predicted molar refractivity (Wildman–Crippen MR) is 71.2 cm³/mol. The van der Waals surface area contributed by atoms with Gasteiger partial charge in [0.15, 0.2) is 0 Å². The Morgan fingerprint density at radius 2 is 1.78 bits per heavy atom. The molecule has 1 N–H and O–H groups in total. The molecule has 0 spiro atoms. The molecule has 0 amide bonds. The van der Waals surface area contributed by atoms with Crippen LogP contribution in [0.1, 0.15) is 0 Å². The number of aromatic amines is 1. The Kier molecular flexibility index (Phi) is 3.38. The van der Waals surface area contributed by atoms with Crippen molar-refractivity contribution in [1.82, 2.24) is 9.29 Å². The van der Waals surface area contributed by atoms with Crippen LogP contribution in [-0.4, -0.2) is 31.8 Å². The first-order chi connectivity index (χ1) is 8.41. The van der Waals surface area contributed by atoms with Gasteiger partial charge in [-0.25, -0.2) is 12.7 Å². The second-order valence-corrected chi connectivity index (χ2v) is 6.87. The summed E-state index contributed by atoms with van der Waals surface area (Å²) in [4.78, 5) is 13.8. The van der Waals surface area contributed by atoms with Gasteiger partial charge in [-0.15, -0.1) is 0 Å². The molecule has 0 saturated heterocycles. The SMILES string of the molecule is CN(C)S(=O)(=O)c1ccc(-c2csc(=O)[nH]2)cc1. The summed E-state index contributed by atoms with van der Waals surface area (Å²) >= 11 is 1.08. The van der Waals surface area contributed by atoms with Gasteiger partial charge in [-0.2, -0.15) is 0 Å². The number of aromatic nitrogens is 1. The highest BCUT2D eigenvalue weighted by atomic mass is 32.2. The fraction of sp³-hybridized carbons (Fsp3) is 0.182. The lowest BCUT2D eigenvalue weighted by Gasteiger charge is -2.11. The van der Waals surface area contributed by atoms with Crippen molar-refractivity contribution >= 4 is 21.4 Å². The second kappa shape index (κ2) is 4.68. The van der Waals surface area contributed by atoms with Crippen LogP contribution in [0.2, 0.25) is 0 Å². The van der Waals surface area contributed by atoms with E-state index in [9.17, 15) is 13.2 Å². The minimum atomic E-state index is -3.41. The summed E-state index contributed by atoms with van der Waals surface area (Å²) in [7, 11) is -0.435. The maximum atomic E-state index is 11.9. The molecule has 1 heterocycles. The number of hydrogen-bond acceptors (Lipinski definition) is 4. The van der Waals surface area contributed by atoms with E-state index in [-0.39, 0.29) is 9.77 Å². The summed E-state index contributed by atoms with van der Waals surface area (Å²) in [6, 6.07) is 6.41. The van der Waals surface area contributed by atoms with Crippen molar-refractivity contribution < 1.29 is 8.42 Å². The molecule has 0 atom stereocenters. The van der Waals surface area contributed by atoms with Crippen molar-refractivity contribution in [2.24, 2.45) is 0 Å². The summed E-state index contributed by atoms with van der Waals surface area (Å²) in [6.07, 6.45) is 0. The molecule has 0 radical (unpaired) electrons. The Balaban J connectivity index is 2.40. The second-order valence-electron chi connectivity index (χ2n) is 3.87. The number of nitrogens with one attached hydrogen (secondary N) is 1. The van der Waals surface area contributed by atoms with Gasteiger partial charge >= 0.3 is 4.87 Å². The molecule has 0 fully saturated rings. The number of sulfonamides is 1. The normalized spacial score (nSPS) is 11.9. The first kappa shape index (κ1) is 13.0. The topological polar surface area (TPSA) is 70.2 Å². The number of hydrogen-bond donors (Lipinski definition) is 1. The molecule has 0 aliphatic rings. The molecule has 5 nitrogen and oxygen atoms in total. The van der Waals surface area contributed by atoms with Gasteiger partial charge in [-0.1, -0.05) is 23.5 Å². The van der Waals surface area contributed by atoms with Crippen LogP contribution >= 0.6 is 11.3 Å². The quantitative estimate of drug-likeness (QED) is 0.925. The van der Waals surface area contributed by atoms with Gasteiger partial charge in [-0.3, -0.25) is 4.79 Å². The van der Waals surface area contributed by atoms with Crippen LogP contribution in [0.5, 0.6) is 0 Å². The third-order valence-electron chi connectivity index (χ3n) is 2.46. The highest BCUT2D eigenvalue weighted by molar-refractivity contribution is 7.89. The Bertz CT molecular complexity index is 696. The van der Waals surface area contributed by atoms with E-state index in [0.717, 1.165) is 21.2 Å². The molecule has 96 valence electrons. The average Bonchev–Trinajstić information content (AvgIpc) is 2.76. The number of thiazole rings is 1. The van der Waals surface area contributed by atoms with Crippen molar-refractivity contribution in [2.45, 2.75) is 4.90 Å². The van der Waals surface area contributed by atoms with Gasteiger partial charge in [0.1, 0.15) is 0 Å². The summed E-state index contributed by atoms with van der Waals surface area (Å²) in [5.41, 5.74) is 1.48. The lowest BCUT2D eigenvalue weighted by molar-refractivity contribution is 0.521. The molecular formula is C11H12N2O3S2. The maximum absolute atomic E-state index is 11.9. The highest BCUT2D eigenvalue weighted by Crippen LogP contribution is 2.20. The van der Waals surface area contributed by atoms with Gasteiger partial charge in [0.25, 0.3) is 0 Å². The van der Waals surface area contributed by atoms with E-state index in [0.29, 0.717) is 5.69 Å². The third-order valence-corrected chi connectivity index (χ3v) is 4.96. The molecule has 1 aromatic carbocycles. The predicted octanol–water partition coefficient (Wildman–Crippen LogP) is 1.35. The van der Waals surface area contributed by atoms with E-state index in [1.165, 1.54) is 26.2 Å². The van der Waals surface area contributed by atoms with Crippen LogP contribution in [0, 0.1) is 0 Å². The number of H-pyrrole nitrogens is 1. The van der Waals surface area contributed by atoms with Crippen molar-refractivity contribution in [3.63, 3.8) is 0 Å². The fourth-order valence-corrected chi connectivity index (χ4v) is 2.93. The van der Waals surface area contributed by atoms with E-state index < -0.39 is 10.0 Å². The molecule has 0 saturated carbocycles. The van der Waals surface area contributed by atoms with E-state index >= 15 is 0 Å². The number of rotatable bonds is 3. The minimum absolute atomic E-state index is 0.130. The average molecular weight is 284 g/mol. The van der Waals surface area contributed by atoms with Gasteiger partial charge in [0, 0.05) is 19.5 Å². The molecule has 1 aromatic heterocycles. The lowest BCUT2D eigenvalue weighted by atomic mass is 10.2. The van der Waals surface area contributed by atoms with Gasteiger partial charge in [0.2, 0.25) is 10.0 Å². The Hall–Kier alpha value is -1.44. The van der Waals surface area contributed by atoms with E-state index in [1.807, 2.05) is 0 Å². The molecule has 18 heavy (non-hydrogen) atoms. The smallest absolute Gasteiger partial charge is 0.304 e. The van der Waals surface area contributed by atoms with Crippen LogP contribution in [0.3, 0.4) is 0 Å². The Labute approximate surface area is 109 Å². The van der Waals surface area contributed by atoms with Crippen molar-refractivity contribution in [3.05, 3.63) is 39.3 Å². The number of benzene rings is 1. The van der Waals surface area contributed by atoms with E-state index in [2.05, 4.69) is 4.98 Å². The summed E-state index contributed by atoms with van der Waals surface area (Å²) in [5, 5.41) is 1.71. The first-order valence-electron chi connectivity index (χ1n) is 5.12. The zero-order valence-electron chi connectivity index (χ0n) is 9.88. The zero-order valence-corrected chi connectivity index (χ0v) is 11.5. The molecular weight excluding hydrogens is 272 g/mol. The summed E-state index contributed by atoms with van der Waals surface area (Å²) < 4.78 is 24.9. The lowest BCUT2D eigenvalue weighted by Crippen LogP contribution is -2.22. The summed E-state index contributed by atoms with van der Waals surface area (Å²) in [5.74, 6) is 0. The van der Waals surface area contributed by atoms with E-state index in [1.54, 1.807) is 17.5 Å². The van der Waals surface area contributed by atoms with Crippen molar-refractivity contribution in [1.29, 1.82) is 0 Å². The van der Waals surface area contributed by atoms with Crippen molar-refractivity contribution in [2.75, 3.05) is 14.1 Å². The van der Waals surface area contributed by atoms with Gasteiger partial charge in [-0.05, 0) is 17.7 Å². The van der Waals surface area contributed by atoms with Gasteiger partial charge in [0.05, 0.1) is 10.6 Å². The molecule has 0 aliphatic carbocycles. The minimum Gasteiger partial charge on any atom is -0.312 e. The zero-order chi connectivity index (χ0) is 13.3. The first-order valence-corrected chi connectivity index (χ1v) is 7.44. The molecule has 2 rings (SSSR count). The monoisotopic (exact) mass is 284 g/mol. The standard InChI is InChI=1S/C11H12N2O3S2/c1-13(2)18(15,16)9-5-3-8(4-6-9)10-7-17-11(14)12-10/h3-7H,1-2H3,(H,12,14). The van der Waals surface area contributed by atoms with E-state index in [4.69, 9.17) is 0 Å². The highest BCUT2D eigenvalue weighted by Gasteiger charge is 2.16. The molecule has 0 aliphatic heterocycles. The van der Waals surface area contributed by atoms with Crippen LogP contribution in [0.4, 0.5) is 0 Å². The number of nitrogens with zero attached hydrogens (tertiary/aromatic N) is 1. The summed E-state index contributed by atoms with van der Waals surface area (Å²) in [6.45, 7) is 0. The van der Waals surface area contributed by atoms with Crippen LogP contribution in [0.15, 0.2) is 39.3 Å².